The van der Waals surface area contributed by atoms with Crippen molar-refractivity contribution in [3.05, 3.63) is 33.8 Å². The lowest BCUT2D eigenvalue weighted by Gasteiger charge is -2.27. The first kappa shape index (κ1) is 15.7. The SMILES string of the molecule is Cc1cc2n(n1)CCN(CCC(=O)Nc1ccsc1C(=O)O)C2. The molecule has 2 aromatic heterocycles. The van der Waals surface area contributed by atoms with E-state index in [4.69, 9.17) is 5.11 Å². The van der Waals surface area contributed by atoms with E-state index in [-0.39, 0.29) is 10.8 Å². The molecule has 0 spiro atoms. The minimum absolute atomic E-state index is 0.163. The molecule has 0 unspecified atom stereocenters. The van der Waals surface area contributed by atoms with Crippen LogP contribution in [0, 0.1) is 6.92 Å². The summed E-state index contributed by atoms with van der Waals surface area (Å²) in [5.41, 5.74) is 2.55. The fourth-order valence-electron chi connectivity index (χ4n) is 2.70. The van der Waals surface area contributed by atoms with Gasteiger partial charge >= 0.3 is 5.97 Å². The Balaban J connectivity index is 1.52. The summed E-state index contributed by atoms with van der Waals surface area (Å²) < 4.78 is 2.01. The second-order valence-corrected chi connectivity index (χ2v) is 6.46. The quantitative estimate of drug-likeness (QED) is 0.870. The Bertz CT molecular complexity index is 737. The van der Waals surface area contributed by atoms with Crippen molar-refractivity contribution in [3.63, 3.8) is 0 Å². The molecule has 0 radical (unpaired) electrons. The molecule has 3 rings (SSSR count). The summed E-state index contributed by atoms with van der Waals surface area (Å²) in [5.74, 6) is -1.18. The molecule has 2 aromatic rings. The molecule has 0 atom stereocenters. The summed E-state index contributed by atoms with van der Waals surface area (Å²) in [5, 5.41) is 17.8. The van der Waals surface area contributed by atoms with Gasteiger partial charge in [-0.05, 0) is 24.4 Å². The molecule has 2 N–H and O–H groups in total. The van der Waals surface area contributed by atoms with Crippen molar-refractivity contribution >= 4 is 28.9 Å². The Morgan fingerprint density at radius 2 is 2.26 bits per heavy atom. The van der Waals surface area contributed by atoms with Crippen LogP contribution >= 0.6 is 11.3 Å². The van der Waals surface area contributed by atoms with Crippen molar-refractivity contribution in [2.24, 2.45) is 0 Å². The Morgan fingerprint density at radius 3 is 3.04 bits per heavy atom. The van der Waals surface area contributed by atoms with Gasteiger partial charge in [0.05, 0.1) is 23.6 Å². The van der Waals surface area contributed by atoms with Crippen molar-refractivity contribution in [2.45, 2.75) is 26.4 Å². The Hall–Kier alpha value is -2.19. The number of aryl methyl sites for hydroxylation is 1. The second-order valence-electron chi connectivity index (χ2n) is 5.54. The number of carbonyl (C=O) groups is 2. The van der Waals surface area contributed by atoms with Crippen LogP contribution in [0.15, 0.2) is 17.5 Å². The topological polar surface area (TPSA) is 87.5 Å². The lowest BCUT2D eigenvalue weighted by molar-refractivity contribution is -0.116. The molecule has 8 heteroatoms. The maximum absolute atomic E-state index is 12.0. The lowest BCUT2D eigenvalue weighted by Crippen LogP contribution is -2.35. The van der Waals surface area contributed by atoms with Gasteiger partial charge < -0.3 is 10.4 Å². The number of rotatable bonds is 5. The highest BCUT2D eigenvalue weighted by molar-refractivity contribution is 7.12. The largest absolute Gasteiger partial charge is 0.477 e. The van der Waals surface area contributed by atoms with E-state index in [1.165, 1.54) is 5.69 Å². The van der Waals surface area contributed by atoms with E-state index in [0.717, 1.165) is 36.7 Å². The molecule has 0 aromatic carbocycles. The number of fused-ring (bicyclic) bond motifs is 1. The molecule has 0 saturated heterocycles. The molecule has 1 amide bonds. The van der Waals surface area contributed by atoms with Crippen LogP contribution in [0.4, 0.5) is 5.69 Å². The number of thiophene rings is 1. The van der Waals surface area contributed by atoms with Gasteiger partial charge in [0.15, 0.2) is 0 Å². The van der Waals surface area contributed by atoms with E-state index in [1.54, 1.807) is 11.4 Å². The molecule has 1 aliphatic rings. The Kier molecular flexibility index (Phi) is 4.44. The summed E-state index contributed by atoms with van der Waals surface area (Å²) in [4.78, 5) is 25.4. The smallest absolute Gasteiger partial charge is 0.348 e. The highest BCUT2D eigenvalue weighted by Crippen LogP contribution is 2.22. The van der Waals surface area contributed by atoms with Crippen LogP contribution < -0.4 is 5.32 Å². The van der Waals surface area contributed by atoms with E-state index < -0.39 is 5.97 Å². The van der Waals surface area contributed by atoms with Gasteiger partial charge in [-0.1, -0.05) is 0 Å². The van der Waals surface area contributed by atoms with Crippen LogP contribution in [0.3, 0.4) is 0 Å². The highest BCUT2D eigenvalue weighted by Gasteiger charge is 2.19. The number of nitrogens with zero attached hydrogens (tertiary/aromatic N) is 3. The first-order valence-electron chi connectivity index (χ1n) is 7.39. The summed E-state index contributed by atoms with van der Waals surface area (Å²) >= 11 is 1.11. The van der Waals surface area contributed by atoms with Crippen molar-refractivity contribution in [1.82, 2.24) is 14.7 Å². The standard InChI is InChI=1S/C15H18N4O3S/c1-10-8-11-9-18(5-6-19(11)17-10)4-2-13(20)16-12-3-7-23-14(12)15(21)22/h3,7-8H,2,4-6,9H2,1H3,(H,16,20)(H,21,22). The van der Waals surface area contributed by atoms with Gasteiger partial charge in [-0.15, -0.1) is 11.3 Å². The van der Waals surface area contributed by atoms with Crippen molar-refractivity contribution < 1.29 is 14.7 Å². The number of hydrogen-bond acceptors (Lipinski definition) is 5. The number of nitrogens with one attached hydrogen (secondary N) is 1. The van der Waals surface area contributed by atoms with Gasteiger partial charge in [-0.25, -0.2) is 4.79 Å². The third kappa shape index (κ3) is 3.59. The van der Waals surface area contributed by atoms with Crippen LogP contribution in [0.2, 0.25) is 0 Å². The summed E-state index contributed by atoms with van der Waals surface area (Å²) in [7, 11) is 0. The van der Waals surface area contributed by atoms with E-state index in [1.807, 2.05) is 11.6 Å². The molecular formula is C15H18N4O3S. The lowest BCUT2D eigenvalue weighted by atomic mass is 10.2. The minimum Gasteiger partial charge on any atom is -0.477 e. The number of anilines is 1. The normalized spacial score (nSPS) is 14.5. The molecule has 0 bridgehead atoms. The predicted octanol–water partition coefficient (Wildman–Crippen LogP) is 1.80. The number of aromatic carboxylic acids is 1. The average molecular weight is 334 g/mol. The first-order chi connectivity index (χ1) is 11.0. The second kappa shape index (κ2) is 6.51. The molecule has 0 aliphatic carbocycles. The molecule has 0 saturated carbocycles. The van der Waals surface area contributed by atoms with Crippen molar-refractivity contribution in [1.29, 1.82) is 0 Å². The molecule has 7 nitrogen and oxygen atoms in total. The molecule has 0 fully saturated rings. The van der Waals surface area contributed by atoms with E-state index >= 15 is 0 Å². The van der Waals surface area contributed by atoms with Crippen LogP contribution in [-0.4, -0.2) is 44.8 Å². The fraction of sp³-hybridized carbons (Fsp3) is 0.400. The Morgan fingerprint density at radius 1 is 1.43 bits per heavy atom. The zero-order chi connectivity index (χ0) is 16.4. The number of hydrogen-bond donors (Lipinski definition) is 2. The van der Waals surface area contributed by atoms with Crippen molar-refractivity contribution in [2.75, 3.05) is 18.4 Å². The number of carboxylic acid groups (broad SMARTS) is 1. The first-order valence-corrected chi connectivity index (χ1v) is 8.27. The third-order valence-electron chi connectivity index (χ3n) is 3.79. The van der Waals surface area contributed by atoms with Crippen LogP contribution in [0.1, 0.15) is 27.5 Å². The van der Waals surface area contributed by atoms with Gasteiger partial charge in [0, 0.05) is 26.1 Å². The third-order valence-corrected chi connectivity index (χ3v) is 4.69. The highest BCUT2D eigenvalue weighted by atomic mass is 32.1. The fourth-order valence-corrected chi connectivity index (χ4v) is 3.39. The molecule has 122 valence electrons. The number of carboxylic acids is 1. The molecule has 1 aliphatic heterocycles. The summed E-state index contributed by atoms with van der Waals surface area (Å²) in [6.07, 6.45) is 0.335. The van der Waals surface area contributed by atoms with Gasteiger partial charge in [0.25, 0.3) is 0 Å². The monoisotopic (exact) mass is 334 g/mol. The van der Waals surface area contributed by atoms with Gasteiger partial charge in [-0.2, -0.15) is 5.10 Å². The maximum Gasteiger partial charge on any atom is 0.348 e. The van der Waals surface area contributed by atoms with E-state index in [0.29, 0.717) is 18.7 Å². The minimum atomic E-state index is -1.02. The van der Waals surface area contributed by atoms with Gasteiger partial charge in [0.1, 0.15) is 4.88 Å². The molecule has 3 heterocycles. The predicted molar refractivity (Wildman–Crippen MR) is 86.8 cm³/mol. The van der Waals surface area contributed by atoms with E-state index in [9.17, 15) is 9.59 Å². The summed E-state index contributed by atoms with van der Waals surface area (Å²) in [6, 6.07) is 3.69. The Labute approximate surface area is 137 Å². The molecular weight excluding hydrogens is 316 g/mol. The van der Waals surface area contributed by atoms with Crippen LogP contribution in [0.25, 0.3) is 0 Å². The molecule has 23 heavy (non-hydrogen) atoms. The van der Waals surface area contributed by atoms with Crippen molar-refractivity contribution in [3.8, 4) is 0 Å². The maximum atomic E-state index is 12.0. The zero-order valence-electron chi connectivity index (χ0n) is 12.8. The average Bonchev–Trinajstić information content (AvgIpc) is 3.09. The number of aromatic nitrogens is 2. The number of amides is 1. The van der Waals surface area contributed by atoms with Crippen LogP contribution in [0.5, 0.6) is 0 Å². The van der Waals surface area contributed by atoms with Gasteiger partial charge in [-0.3, -0.25) is 14.4 Å². The van der Waals surface area contributed by atoms with Crippen LogP contribution in [-0.2, 0) is 17.9 Å². The van der Waals surface area contributed by atoms with Gasteiger partial charge in [0.2, 0.25) is 5.91 Å². The zero-order valence-corrected chi connectivity index (χ0v) is 13.6. The summed E-state index contributed by atoms with van der Waals surface area (Å²) in [6.45, 7) is 5.10. The van der Waals surface area contributed by atoms with E-state index in [2.05, 4.69) is 21.4 Å². The number of carbonyl (C=O) groups excluding carboxylic acids is 1.